The summed E-state index contributed by atoms with van der Waals surface area (Å²) in [6, 6.07) is 23.0. The molecule has 0 aliphatic carbocycles. The van der Waals surface area contributed by atoms with Gasteiger partial charge in [-0.1, -0.05) is 36.4 Å². The lowest BCUT2D eigenvalue weighted by molar-refractivity contribution is -0.671. The summed E-state index contributed by atoms with van der Waals surface area (Å²) < 4.78 is 62.3. The van der Waals surface area contributed by atoms with Crippen molar-refractivity contribution < 1.29 is 26.0 Å². The minimum Gasteiger partial charge on any atom is -0.357 e. The molecule has 0 saturated carbocycles. The smallest absolute Gasteiger partial charge is 0.207 e. The number of hydrogen-bond donors (Lipinski definition) is 0. The van der Waals surface area contributed by atoms with Crippen LogP contribution in [0.3, 0.4) is 0 Å². The lowest BCUT2D eigenvalue weighted by Crippen LogP contribution is -2.27. The zero-order chi connectivity index (χ0) is 29.9. The van der Waals surface area contributed by atoms with Gasteiger partial charge in [0.2, 0.25) is 19.7 Å². The van der Waals surface area contributed by atoms with E-state index in [1.54, 1.807) is 119 Å². The largest absolute Gasteiger partial charge is 0.357 e. The van der Waals surface area contributed by atoms with E-state index in [-0.39, 0.29) is 25.2 Å². The lowest BCUT2D eigenvalue weighted by atomic mass is 9.99. The maximum absolute atomic E-state index is 14.7. The fourth-order valence-electron chi connectivity index (χ4n) is 4.64. The Morgan fingerprint density at radius 3 is 1.50 bits per heavy atom. The van der Waals surface area contributed by atoms with Gasteiger partial charge in [0.15, 0.2) is 24.8 Å². The maximum atomic E-state index is 14.7. The zero-order valence-corrected chi connectivity index (χ0v) is 25.1. The molecule has 42 heavy (non-hydrogen) atoms. The topological polar surface area (TPSA) is 79.3 Å². The van der Waals surface area contributed by atoms with Crippen LogP contribution in [-0.4, -0.2) is 28.8 Å². The molecule has 7 nitrogen and oxygen atoms in total. The Bertz CT molecular complexity index is 1930. The number of hydrogen-bond acceptors (Lipinski definition) is 5. The van der Waals surface area contributed by atoms with Crippen molar-refractivity contribution in [3.05, 3.63) is 156 Å². The van der Waals surface area contributed by atoms with E-state index in [1.165, 1.54) is 24.3 Å². The first-order chi connectivity index (χ1) is 20.1. The molecule has 0 unspecified atom stereocenters. The van der Waals surface area contributed by atoms with Crippen molar-refractivity contribution in [1.29, 1.82) is 0 Å². The van der Waals surface area contributed by atoms with Gasteiger partial charge in [-0.15, -0.1) is 0 Å². The van der Waals surface area contributed by atoms with Gasteiger partial charge in [-0.3, -0.25) is 0 Å². The van der Waals surface area contributed by atoms with Crippen LogP contribution in [0.4, 0.5) is 0 Å². The molecule has 0 N–H and O–H groups in total. The van der Waals surface area contributed by atoms with Gasteiger partial charge in [-0.05, 0) is 47.6 Å². The van der Waals surface area contributed by atoms with E-state index >= 15 is 0 Å². The van der Waals surface area contributed by atoms with Gasteiger partial charge < -0.3 is 4.90 Å². The van der Waals surface area contributed by atoms with E-state index in [0.717, 1.165) is 0 Å². The number of pyridine rings is 2. The molecule has 2 aromatic heterocycles. The minimum absolute atomic E-state index is 0.0585. The maximum Gasteiger partial charge on any atom is 0.207 e. The Hall–Kier alpha value is -4.60. The Kier molecular flexibility index (Phi) is 8.06. The molecule has 212 valence electrons. The van der Waals surface area contributed by atoms with E-state index < -0.39 is 19.7 Å². The molecule has 3 heterocycles. The van der Waals surface area contributed by atoms with Crippen LogP contribution in [0.25, 0.3) is 10.5 Å². The molecule has 0 radical (unpaired) electrons. The normalized spacial score (nSPS) is 14.1. The van der Waals surface area contributed by atoms with Crippen LogP contribution in [0.15, 0.2) is 155 Å². The van der Waals surface area contributed by atoms with Gasteiger partial charge in [-0.25, -0.2) is 26.0 Å². The van der Waals surface area contributed by atoms with Gasteiger partial charge in [0.1, 0.15) is 14.1 Å². The van der Waals surface area contributed by atoms with Crippen molar-refractivity contribution in [2.24, 2.45) is 14.1 Å². The van der Waals surface area contributed by atoms with Crippen molar-refractivity contribution in [3.63, 3.8) is 0 Å². The summed E-state index contributed by atoms with van der Waals surface area (Å²) >= 11 is 0. The number of aryl methyl sites for hydroxylation is 2. The average molecular weight is 598 g/mol. The Balaban J connectivity index is 2.02. The number of rotatable bonds is 7. The van der Waals surface area contributed by atoms with Crippen LogP contribution >= 0.6 is 0 Å². The molecule has 0 spiro atoms. The van der Waals surface area contributed by atoms with Crippen molar-refractivity contribution in [2.75, 3.05) is 7.05 Å². The van der Waals surface area contributed by atoms with Crippen LogP contribution in [0.2, 0.25) is 0 Å². The SMILES string of the molecule is CN1C=CC(=C(/C(=C(\c2cc[n+](C)cc2)S(=O)(=O)c2ccccc2)c2cc[n+](C)cc2)S(=O)(=O)c2ccccc2)C=C1. The summed E-state index contributed by atoms with van der Waals surface area (Å²) in [4.78, 5) is 1.70. The fourth-order valence-corrected chi connectivity index (χ4v) is 8.08. The molecule has 0 saturated heterocycles. The third-order valence-corrected chi connectivity index (χ3v) is 10.6. The van der Waals surface area contributed by atoms with Crippen LogP contribution in [0.5, 0.6) is 0 Å². The Labute approximate surface area is 247 Å². The molecule has 1 aliphatic rings. The van der Waals surface area contributed by atoms with Gasteiger partial charge in [0.05, 0.1) is 19.6 Å². The summed E-state index contributed by atoms with van der Waals surface area (Å²) in [6.45, 7) is 0. The van der Waals surface area contributed by atoms with Crippen molar-refractivity contribution in [2.45, 2.75) is 9.79 Å². The number of nitrogens with zero attached hydrogens (tertiary/aromatic N) is 3. The molecule has 2 aromatic carbocycles. The molecule has 0 fully saturated rings. The highest BCUT2D eigenvalue weighted by molar-refractivity contribution is 8.01. The van der Waals surface area contributed by atoms with Gasteiger partial charge in [0.25, 0.3) is 0 Å². The minimum atomic E-state index is -4.26. The highest BCUT2D eigenvalue weighted by Crippen LogP contribution is 2.43. The van der Waals surface area contributed by atoms with Gasteiger partial charge in [0, 0.05) is 54.8 Å². The third kappa shape index (κ3) is 5.74. The second-order valence-electron chi connectivity index (χ2n) is 9.92. The van der Waals surface area contributed by atoms with E-state index in [1.807, 2.05) is 25.7 Å². The summed E-state index contributed by atoms with van der Waals surface area (Å²) in [6.07, 6.45) is 13.9. The summed E-state index contributed by atoms with van der Waals surface area (Å²) in [7, 11) is -3.00. The molecule has 0 amide bonds. The second-order valence-corrected chi connectivity index (χ2v) is 13.7. The molecule has 0 bridgehead atoms. The highest BCUT2D eigenvalue weighted by atomic mass is 32.2. The quantitative estimate of drug-likeness (QED) is 0.296. The Morgan fingerprint density at radius 2 is 1.02 bits per heavy atom. The monoisotopic (exact) mass is 597 g/mol. The van der Waals surface area contributed by atoms with Crippen LogP contribution < -0.4 is 9.13 Å². The molecule has 0 atom stereocenters. The number of sulfone groups is 2. The zero-order valence-electron chi connectivity index (χ0n) is 23.5. The molecule has 9 heteroatoms. The predicted octanol–water partition coefficient (Wildman–Crippen LogP) is 4.38. The summed E-state index contributed by atoms with van der Waals surface area (Å²) in [5.41, 5.74) is 1.26. The number of aromatic nitrogens is 2. The van der Waals surface area contributed by atoms with Crippen LogP contribution in [0, 0.1) is 0 Å². The average Bonchev–Trinajstić information content (AvgIpc) is 3.00. The van der Waals surface area contributed by atoms with E-state index in [9.17, 15) is 16.8 Å². The molecular weight excluding hydrogens is 567 g/mol. The van der Waals surface area contributed by atoms with Crippen LogP contribution in [-0.2, 0) is 33.8 Å². The molecule has 4 aromatic rings. The van der Waals surface area contributed by atoms with E-state index in [2.05, 4.69) is 0 Å². The van der Waals surface area contributed by atoms with Crippen molar-refractivity contribution >= 4 is 30.2 Å². The number of allylic oxidation sites excluding steroid dienone is 4. The van der Waals surface area contributed by atoms with E-state index in [4.69, 9.17) is 0 Å². The third-order valence-electron chi connectivity index (χ3n) is 6.85. The summed E-state index contributed by atoms with van der Waals surface area (Å²) in [5.74, 6) is 0. The standard InChI is InChI=1S/C33H31N3O4S2/c1-34-20-14-26(15-21-34)31(32(27-16-22-35(2)23-17-27)41(37,38)29-10-6-4-7-11-29)33(28-18-24-36(3)25-19-28)42(39,40)30-12-8-5-9-13-30/h4-25H,1-3H3/q+2. The first-order valence-corrected chi connectivity index (χ1v) is 16.1. The van der Waals surface area contributed by atoms with Crippen LogP contribution in [0.1, 0.15) is 11.1 Å². The lowest BCUT2D eigenvalue weighted by Gasteiger charge is -2.22. The first-order valence-electron chi connectivity index (χ1n) is 13.2. The van der Waals surface area contributed by atoms with Gasteiger partial charge in [-0.2, -0.15) is 0 Å². The number of benzene rings is 2. The van der Waals surface area contributed by atoms with Crippen molar-refractivity contribution in [3.8, 4) is 0 Å². The van der Waals surface area contributed by atoms with Crippen molar-refractivity contribution in [1.82, 2.24) is 4.90 Å². The fraction of sp³-hybridized carbons (Fsp3) is 0.0909. The molecule has 5 rings (SSSR count). The van der Waals surface area contributed by atoms with E-state index in [0.29, 0.717) is 16.7 Å². The molecular formula is C33H31N3O4S2+2. The predicted molar refractivity (Wildman–Crippen MR) is 162 cm³/mol. The summed E-state index contributed by atoms with van der Waals surface area (Å²) in [5, 5.41) is 0. The van der Waals surface area contributed by atoms with Gasteiger partial charge >= 0.3 is 0 Å². The Morgan fingerprint density at radius 1 is 0.595 bits per heavy atom. The highest BCUT2D eigenvalue weighted by Gasteiger charge is 2.36. The first kappa shape index (κ1) is 28.9. The second kappa shape index (κ2) is 11.7. The molecule has 1 aliphatic heterocycles.